The Morgan fingerprint density at radius 3 is 1.33 bits per heavy atom. The number of nitro benzene ring substituents is 1. The van der Waals surface area contributed by atoms with Gasteiger partial charge in [-0.3, -0.25) is 10.1 Å². The van der Waals surface area contributed by atoms with Gasteiger partial charge in [-0.2, -0.15) is 0 Å². The van der Waals surface area contributed by atoms with Crippen LogP contribution in [-0.2, 0) is 0 Å². The summed E-state index contributed by atoms with van der Waals surface area (Å²) in [4.78, 5) is 10.2. The van der Waals surface area contributed by atoms with Crippen LogP contribution < -0.4 is 5.73 Å². The maximum Gasteiger partial charge on any atom is 0.269 e. The van der Waals surface area contributed by atoms with Crippen LogP contribution in [-0.4, -0.2) is 22.0 Å². The van der Waals surface area contributed by atoms with Crippen molar-refractivity contribution in [3.05, 3.63) is 137 Å². The molecule has 0 spiro atoms. The lowest BCUT2D eigenvalue weighted by atomic mass is 10.3. The Balaban J connectivity index is 0.000000258. The molecule has 0 unspecified atom stereocenters. The first-order valence-corrected chi connectivity index (χ1v) is 9.80. The van der Waals surface area contributed by atoms with Crippen molar-refractivity contribution in [2.75, 3.05) is 12.8 Å². The predicted molar refractivity (Wildman–Crippen MR) is 130 cm³/mol. The number of nitrogens with two attached hydrogens (primary N) is 1. The quantitative estimate of drug-likeness (QED) is 0.129. The maximum atomic E-state index is 11.6. The Bertz CT molecular complexity index is 1060. The van der Waals surface area contributed by atoms with Crippen molar-refractivity contribution >= 4 is 22.7 Å². The number of non-ortho nitro benzene ring substituents is 1. The van der Waals surface area contributed by atoms with Gasteiger partial charge < -0.3 is 16.0 Å². The largest absolute Gasteiger partial charge is 0.594 e. The third-order valence-corrected chi connectivity index (χ3v) is 3.71. The molecule has 0 bridgehead atoms. The minimum atomic E-state index is -0.417. The zero-order valence-electron chi connectivity index (χ0n) is 18.1. The molecule has 0 amide bonds. The monoisotopic (exact) mass is 446 g/mol. The average Bonchev–Trinajstić information content (AvgIpc) is 2.88. The maximum absolute atomic E-state index is 11.6. The molecule has 0 aliphatic heterocycles. The topological polar surface area (TPSA) is 128 Å². The standard InChI is InChI=1S/C12H10N2O.C6H5NO2.C6H7N.CH4O/c15-14(12-9-5-2-6-10-12)13-11-7-3-1-4-8-11;8-7(9)6-4-2-1-3-5-6;7-6-4-2-1-3-5-6;1-2/h1-10H;1-5H;1-5H,7H2;2H,1H3. The number of aliphatic hydroxyl groups is 1. The molecule has 8 heteroatoms. The summed E-state index contributed by atoms with van der Waals surface area (Å²) in [6.07, 6.45) is 0. The molecule has 4 aromatic rings. The summed E-state index contributed by atoms with van der Waals surface area (Å²) in [5, 5.41) is 32.5. The molecule has 0 radical (unpaired) electrons. The fourth-order valence-electron chi connectivity index (χ4n) is 2.22. The zero-order valence-corrected chi connectivity index (χ0v) is 18.1. The van der Waals surface area contributed by atoms with Gasteiger partial charge >= 0.3 is 0 Å². The van der Waals surface area contributed by atoms with Crippen molar-refractivity contribution in [1.82, 2.24) is 0 Å². The van der Waals surface area contributed by atoms with E-state index in [-0.39, 0.29) is 5.69 Å². The van der Waals surface area contributed by atoms with E-state index in [1.165, 1.54) is 12.1 Å². The van der Waals surface area contributed by atoms with Crippen molar-refractivity contribution in [2.45, 2.75) is 0 Å². The van der Waals surface area contributed by atoms with E-state index >= 15 is 0 Å². The van der Waals surface area contributed by atoms with Gasteiger partial charge in [-0.25, -0.2) is 0 Å². The summed E-state index contributed by atoms with van der Waals surface area (Å²) in [7, 11) is 1.00. The van der Waals surface area contributed by atoms with E-state index in [1.54, 1.807) is 54.6 Å². The highest BCUT2D eigenvalue weighted by molar-refractivity contribution is 5.36. The molecule has 0 saturated carbocycles. The summed E-state index contributed by atoms with van der Waals surface area (Å²) in [6, 6.07) is 35.5. The number of aliphatic hydroxyl groups excluding tert-OH is 1. The van der Waals surface area contributed by atoms with E-state index in [9.17, 15) is 15.3 Å². The minimum absolute atomic E-state index is 0.137. The van der Waals surface area contributed by atoms with Gasteiger partial charge in [-0.15, -0.1) is 0 Å². The number of nitro groups is 1. The zero-order chi connectivity index (χ0) is 24.3. The Kier molecular flexibility index (Phi) is 13.0. The van der Waals surface area contributed by atoms with Crippen LogP contribution in [0.1, 0.15) is 0 Å². The molecule has 0 aliphatic carbocycles. The summed E-state index contributed by atoms with van der Waals surface area (Å²) >= 11 is 0. The number of nitrogen functional groups attached to an aromatic ring is 1. The molecule has 0 aliphatic rings. The fourth-order valence-corrected chi connectivity index (χ4v) is 2.22. The van der Waals surface area contributed by atoms with Gasteiger partial charge in [-0.05, 0) is 24.3 Å². The first-order valence-electron chi connectivity index (χ1n) is 9.80. The summed E-state index contributed by atoms with van der Waals surface area (Å²) in [5.74, 6) is 0. The molecule has 0 heterocycles. The van der Waals surface area contributed by atoms with Crippen LogP contribution in [0.4, 0.5) is 22.7 Å². The second kappa shape index (κ2) is 16.2. The Hall–Kier alpha value is -4.56. The number of anilines is 1. The van der Waals surface area contributed by atoms with E-state index in [4.69, 9.17) is 10.8 Å². The normalized spacial score (nSPS) is 9.58. The summed E-state index contributed by atoms with van der Waals surface area (Å²) in [5.41, 5.74) is 7.49. The van der Waals surface area contributed by atoms with Gasteiger partial charge in [0.25, 0.3) is 5.69 Å². The van der Waals surface area contributed by atoms with Crippen molar-refractivity contribution < 1.29 is 14.9 Å². The van der Waals surface area contributed by atoms with Crippen LogP contribution in [0.25, 0.3) is 0 Å². The van der Waals surface area contributed by atoms with Crippen LogP contribution in [0.2, 0.25) is 0 Å². The lowest BCUT2D eigenvalue weighted by Gasteiger charge is -1.98. The predicted octanol–water partition coefficient (Wildman–Crippen LogP) is 6.08. The second-order valence-electron chi connectivity index (χ2n) is 6.05. The molecule has 170 valence electrons. The average molecular weight is 447 g/mol. The number of hydrogen-bond acceptors (Lipinski definition) is 6. The number of benzene rings is 4. The van der Waals surface area contributed by atoms with Crippen LogP contribution >= 0.6 is 0 Å². The molecule has 0 aromatic heterocycles. The van der Waals surface area contributed by atoms with Gasteiger partial charge in [0, 0.05) is 42.2 Å². The van der Waals surface area contributed by atoms with Gasteiger partial charge in [0.15, 0.2) is 0 Å². The molecular weight excluding hydrogens is 420 g/mol. The van der Waals surface area contributed by atoms with E-state index in [2.05, 4.69) is 5.11 Å². The third-order valence-electron chi connectivity index (χ3n) is 3.71. The van der Waals surface area contributed by atoms with Gasteiger partial charge in [0.05, 0.1) is 4.92 Å². The molecule has 8 nitrogen and oxygen atoms in total. The third kappa shape index (κ3) is 11.4. The number of azo groups is 1. The molecule has 4 rings (SSSR count). The summed E-state index contributed by atoms with van der Waals surface area (Å²) in [6.45, 7) is 0. The molecule has 3 N–H and O–H groups in total. The van der Waals surface area contributed by atoms with Gasteiger partial charge in [0.2, 0.25) is 5.69 Å². The molecule has 0 atom stereocenters. The smallest absolute Gasteiger partial charge is 0.269 e. The van der Waals surface area contributed by atoms with Crippen LogP contribution in [0, 0.1) is 15.3 Å². The Labute approximate surface area is 192 Å². The number of nitrogens with zero attached hydrogens (tertiary/aromatic N) is 3. The van der Waals surface area contributed by atoms with Crippen molar-refractivity contribution in [3.8, 4) is 0 Å². The summed E-state index contributed by atoms with van der Waals surface area (Å²) < 4.78 is 0. The Morgan fingerprint density at radius 1 is 0.636 bits per heavy atom. The lowest BCUT2D eigenvalue weighted by molar-refractivity contribution is -0.435. The first kappa shape index (κ1) is 26.5. The van der Waals surface area contributed by atoms with Crippen molar-refractivity contribution in [2.24, 2.45) is 5.11 Å². The number of rotatable bonds is 3. The Morgan fingerprint density at radius 2 is 1.00 bits per heavy atom. The van der Waals surface area contributed by atoms with E-state index < -0.39 is 4.92 Å². The van der Waals surface area contributed by atoms with Crippen LogP contribution in [0.15, 0.2) is 126 Å². The number of hydrogen-bond donors (Lipinski definition) is 2. The molecule has 0 saturated heterocycles. The van der Waals surface area contributed by atoms with E-state index in [0.29, 0.717) is 16.2 Å². The highest BCUT2D eigenvalue weighted by atomic mass is 16.6. The highest BCUT2D eigenvalue weighted by Gasteiger charge is 2.01. The first-order chi connectivity index (χ1) is 16.1. The van der Waals surface area contributed by atoms with Crippen LogP contribution in [0.3, 0.4) is 0 Å². The number of para-hydroxylation sites is 3. The van der Waals surface area contributed by atoms with E-state index in [0.717, 1.165) is 12.8 Å². The van der Waals surface area contributed by atoms with Gasteiger partial charge in [0.1, 0.15) is 5.69 Å². The minimum Gasteiger partial charge on any atom is -0.594 e. The van der Waals surface area contributed by atoms with Crippen LogP contribution in [0.5, 0.6) is 0 Å². The molecule has 4 aromatic carbocycles. The lowest BCUT2D eigenvalue weighted by Crippen LogP contribution is -1.88. The van der Waals surface area contributed by atoms with E-state index in [1.807, 2.05) is 54.6 Å². The second-order valence-corrected chi connectivity index (χ2v) is 6.05. The fraction of sp³-hybridized carbons (Fsp3) is 0.0400. The highest BCUT2D eigenvalue weighted by Crippen LogP contribution is 2.16. The molecule has 33 heavy (non-hydrogen) atoms. The van der Waals surface area contributed by atoms with Crippen molar-refractivity contribution in [3.63, 3.8) is 0 Å². The molecule has 0 fully saturated rings. The molecular formula is C25H26N4O4. The van der Waals surface area contributed by atoms with Gasteiger partial charge in [-0.1, -0.05) is 77.7 Å². The SMILES string of the molecule is CO.Nc1ccccc1.O=[N+]([O-])c1ccccc1.[O-][N+](=Nc1ccccc1)c1ccccc1. The van der Waals surface area contributed by atoms with Crippen molar-refractivity contribution in [1.29, 1.82) is 0 Å².